The lowest BCUT2D eigenvalue weighted by atomic mass is 9.92. The average molecular weight is 211 g/mol. The zero-order chi connectivity index (χ0) is 10.6. The van der Waals surface area contributed by atoms with Crippen LogP contribution >= 0.6 is 11.3 Å². The molecule has 0 aliphatic heterocycles. The first-order valence-corrected chi connectivity index (χ1v) is 6.14. The Bertz CT molecular complexity index is 246. The maximum atomic E-state index is 3.55. The summed E-state index contributed by atoms with van der Waals surface area (Å²) >= 11 is 1.83. The van der Waals surface area contributed by atoms with Crippen LogP contribution in [0, 0.1) is 5.41 Å². The molecular formula is C12H21NS. The number of rotatable bonds is 4. The molecule has 1 aromatic heterocycles. The number of thiophene rings is 1. The fourth-order valence-corrected chi connectivity index (χ4v) is 2.06. The van der Waals surface area contributed by atoms with Gasteiger partial charge in [-0.15, -0.1) is 11.3 Å². The van der Waals surface area contributed by atoms with E-state index in [1.165, 1.54) is 11.3 Å². The average Bonchev–Trinajstić information content (AvgIpc) is 2.53. The number of hydrogen-bond donors (Lipinski definition) is 1. The van der Waals surface area contributed by atoms with Gasteiger partial charge in [0.1, 0.15) is 0 Å². The third-order valence-electron chi connectivity index (χ3n) is 2.30. The Morgan fingerprint density at radius 1 is 1.43 bits per heavy atom. The molecule has 0 bridgehead atoms. The van der Waals surface area contributed by atoms with E-state index in [2.05, 4.69) is 50.5 Å². The van der Waals surface area contributed by atoms with E-state index in [4.69, 9.17) is 0 Å². The molecule has 0 fully saturated rings. The first kappa shape index (κ1) is 11.7. The van der Waals surface area contributed by atoms with Gasteiger partial charge < -0.3 is 5.32 Å². The summed E-state index contributed by atoms with van der Waals surface area (Å²) in [5, 5.41) is 5.69. The summed E-state index contributed by atoms with van der Waals surface area (Å²) < 4.78 is 0. The Kier molecular flexibility index (Phi) is 4.14. The van der Waals surface area contributed by atoms with Crippen molar-refractivity contribution in [1.29, 1.82) is 0 Å². The van der Waals surface area contributed by atoms with Crippen LogP contribution in [0.3, 0.4) is 0 Å². The molecule has 0 amide bonds. The molecule has 1 atom stereocenters. The van der Waals surface area contributed by atoms with E-state index in [0.717, 1.165) is 6.54 Å². The maximum absolute atomic E-state index is 3.55. The summed E-state index contributed by atoms with van der Waals surface area (Å²) in [4.78, 5) is 1.43. The van der Waals surface area contributed by atoms with Gasteiger partial charge in [-0.1, -0.05) is 26.8 Å². The second-order valence-corrected chi connectivity index (χ2v) is 5.98. The minimum atomic E-state index is 0.433. The van der Waals surface area contributed by atoms with Crippen molar-refractivity contribution in [2.45, 2.75) is 40.2 Å². The zero-order valence-electron chi connectivity index (χ0n) is 9.63. The van der Waals surface area contributed by atoms with Crippen molar-refractivity contribution in [3.8, 4) is 0 Å². The van der Waals surface area contributed by atoms with Crippen molar-refractivity contribution in [2.75, 3.05) is 6.54 Å². The summed E-state index contributed by atoms with van der Waals surface area (Å²) in [6.45, 7) is 10.2. The molecule has 1 N–H and O–H groups in total. The lowest BCUT2D eigenvalue weighted by Gasteiger charge is -2.20. The van der Waals surface area contributed by atoms with E-state index in [0.29, 0.717) is 11.5 Å². The predicted molar refractivity (Wildman–Crippen MR) is 64.8 cm³/mol. The van der Waals surface area contributed by atoms with Crippen LogP contribution in [0.5, 0.6) is 0 Å². The van der Waals surface area contributed by atoms with E-state index in [-0.39, 0.29) is 0 Å². The minimum Gasteiger partial charge on any atom is -0.309 e. The molecule has 0 saturated carbocycles. The first-order valence-electron chi connectivity index (χ1n) is 5.26. The fourth-order valence-electron chi connectivity index (χ4n) is 1.30. The monoisotopic (exact) mass is 211 g/mol. The molecule has 0 aliphatic carbocycles. The lowest BCUT2D eigenvalue weighted by molar-refractivity contribution is 0.358. The number of nitrogens with one attached hydrogen (secondary N) is 1. The molecule has 0 aromatic carbocycles. The molecular weight excluding hydrogens is 190 g/mol. The second kappa shape index (κ2) is 4.94. The van der Waals surface area contributed by atoms with E-state index in [1.54, 1.807) is 0 Å². The van der Waals surface area contributed by atoms with Gasteiger partial charge in [0.15, 0.2) is 0 Å². The molecule has 14 heavy (non-hydrogen) atoms. The molecule has 2 heteroatoms. The van der Waals surface area contributed by atoms with Crippen molar-refractivity contribution < 1.29 is 0 Å². The van der Waals surface area contributed by atoms with Crippen molar-refractivity contribution in [1.82, 2.24) is 5.32 Å². The van der Waals surface area contributed by atoms with Gasteiger partial charge >= 0.3 is 0 Å². The Labute approximate surface area is 91.5 Å². The van der Waals surface area contributed by atoms with Crippen molar-refractivity contribution in [2.24, 2.45) is 5.41 Å². The molecule has 80 valence electrons. The summed E-state index contributed by atoms with van der Waals surface area (Å²) in [7, 11) is 0. The second-order valence-electron chi connectivity index (χ2n) is 5.00. The van der Waals surface area contributed by atoms with Crippen molar-refractivity contribution >= 4 is 11.3 Å². The van der Waals surface area contributed by atoms with E-state index in [1.807, 2.05) is 11.3 Å². The molecule has 0 radical (unpaired) electrons. The largest absolute Gasteiger partial charge is 0.309 e. The quantitative estimate of drug-likeness (QED) is 0.798. The molecule has 1 heterocycles. The highest BCUT2D eigenvalue weighted by molar-refractivity contribution is 7.10. The molecule has 1 nitrogen and oxygen atoms in total. The third kappa shape index (κ3) is 4.25. The van der Waals surface area contributed by atoms with Crippen LogP contribution in [0.1, 0.15) is 45.0 Å². The Balaban J connectivity index is 2.26. The van der Waals surface area contributed by atoms with Crippen LogP contribution in [-0.4, -0.2) is 6.54 Å². The van der Waals surface area contributed by atoms with Gasteiger partial charge in [-0.25, -0.2) is 0 Å². The smallest absolute Gasteiger partial charge is 0.0386 e. The predicted octanol–water partition coefficient (Wildman–Crippen LogP) is 3.83. The Morgan fingerprint density at radius 3 is 2.64 bits per heavy atom. The highest BCUT2D eigenvalue weighted by Gasteiger charge is 2.11. The van der Waals surface area contributed by atoms with Crippen LogP contribution in [0.4, 0.5) is 0 Å². The van der Waals surface area contributed by atoms with Crippen LogP contribution in [0.25, 0.3) is 0 Å². The first-order chi connectivity index (χ1) is 6.49. The summed E-state index contributed by atoms with van der Waals surface area (Å²) in [6.07, 6.45) is 1.22. The highest BCUT2D eigenvalue weighted by Crippen LogP contribution is 2.20. The normalized spacial score (nSPS) is 14.3. The van der Waals surface area contributed by atoms with Crippen LogP contribution in [-0.2, 0) is 0 Å². The van der Waals surface area contributed by atoms with Gasteiger partial charge in [0.05, 0.1) is 0 Å². The molecule has 0 aliphatic rings. The van der Waals surface area contributed by atoms with Crippen molar-refractivity contribution in [3.05, 3.63) is 22.4 Å². The molecule has 1 unspecified atom stereocenters. The SMILES string of the molecule is CC(NCCC(C)(C)C)c1cccs1. The van der Waals surface area contributed by atoms with Gasteiger partial charge in [-0.3, -0.25) is 0 Å². The van der Waals surface area contributed by atoms with Gasteiger partial charge in [-0.05, 0) is 36.8 Å². The summed E-state index contributed by atoms with van der Waals surface area (Å²) in [5.74, 6) is 0. The van der Waals surface area contributed by atoms with E-state index < -0.39 is 0 Å². The minimum absolute atomic E-state index is 0.433. The summed E-state index contributed by atoms with van der Waals surface area (Å²) in [5.41, 5.74) is 0.433. The molecule has 0 spiro atoms. The van der Waals surface area contributed by atoms with E-state index >= 15 is 0 Å². The standard InChI is InChI=1S/C12H21NS/c1-10(11-6-5-9-14-11)13-8-7-12(2,3)4/h5-6,9-10,13H,7-8H2,1-4H3. The van der Waals surface area contributed by atoms with Gasteiger partial charge in [0.25, 0.3) is 0 Å². The molecule has 1 aromatic rings. The van der Waals surface area contributed by atoms with Gasteiger partial charge in [-0.2, -0.15) is 0 Å². The highest BCUT2D eigenvalue weighted by atomic mass is 32.1. The topological polar surface area (TPSA) is 12.0 Å². The van der Waals surface area contributed by atoms with Gasteiger partial charge in [0.2, 0.25) is 0 Å². The van der Waals surface area contributed by atoms with Crippen LogP contribution < -0.4 is 5.32 Å². The Hall–Kier alpha value is -0.340. The maximum Gasteiger partial charge on any atom is 0.0386 e. The molecule has 1 rings (SSSR count). The zero-order valence-corrected chi connectivity index (χ0v) is 10.4. The third-order valence-corrected chi connectivity index (χ3v) is 3.35. The van der Waals surface area contributed by atoms with Gasteiger partial charge in [0, 0.05) is 10.9 Å². The Morgan fingerprint density at radius 2 is 2.14 bits per heavy atom. The summed E-state index contributed by atoms with van der Waals surface area (Å²) in [6, 6.07) is 4.80. The van der Waals surface area contributed by atoms with Crippen LogP contribution in [0.2, 0.25) is 0 Å². The van der Waals surface area contributed by atoms with E-state index in [9.17, 15) is 0 Å². The van der Waals surface area contributed by atoms with Crippen molar-refractivity contribution in [3.63, 3.8) is 0 Å². The van der Waals surface area contributed by atoms with Crippen LogP contribution in [0.15, 0.2) is 17.5 Å². The lowest BCUT2D eigenvalue weighted by Crippen LogP contribution is -2.23. The number of hydrogen-bond acceptors (Lipinski definition) is 2. The molecule has 0 saturated heterocycles. The fraction of sp³-hybridized carbons (Fsp3) is 0.667.